The predicted octanol–water partition coefficient (Wildman–Crippen LogP) is 4.62. The van der Waals surface area contributed by atoms with Gasteiger partial charge in [0.1, 0.15) is 11.5 Å². The van der Waals surface area contributed by atoms with Gasteiger partial charge in [0.05, 0.1) is 6.61 Å². The van der Waals surface area contributed by atoms with Gasteiger partial charge in [0.2, 0.25) is 0 Å². The number of carbonyl (C=O) groups is 2. The molecule has 6 nitrogen and oxygen atoms in total. The zero-order valence-corrected chi connectivity index (χ0v) is 18.5. The minimum absolute atomic E-state index is 0.410. The van der Waals surface area contributed by atoms with E-state index in [4.69, 9.17) is 9.47 Å². The van der Waals surface area contributed by atoms with Crippen molar-refractivity contribution in [3.8, 4) is 22.6 Å². The second-order valence-corrected chi connectivity index (χ2v) is 7.82. The molecule has 0 saturated heterocycles. The Morgan fingerprint density at radius 3 is 1.97 bits per heavy atom. The molecule has 0 aromatic heterocycles. The van der Waals surface area contributed by atoms with Gasteiger partial charge < -0.3 is 9.47 Å². The SMILES string of the molecule is CC(C)COc1ccc(C(=O)NNC(=O)C(C)Oc2ccc(-c3ccccc3)cc2)cc1. The van der Waals surface area contributed by atoms with Crippen molar-refractivity contribution in [2.24, 2.45) is 5.92 Å². The zero-order valence-electron chi connectivity index (χ0n) is 18.5. The Bertz CT molecular complexity index is 1020. The van der Waals surface area contributed by atoms with E-state index in [-0.39, 0.29) is 0 Å². The highest BCUT2D eigenvalue weighted by Gasteiger charge is 2.16. The normalized spacial score (nSPS) is 11.5. The summed E-state index contributed by atoms with van der Waals surface area (Å²) in [6.07, 6.45) is -0.787. The molecule has 166 valence electrons. The summed E-state index contributed by atoms with van der Waals surface area (Å²) in [4.78, 5) is 24.6. The Kier molecular flexibility index (Phi) is 7.86. The number of carbonyl (C=O) groups excluding carboxylic acids is 2. The topological polar surface area (TPSA) is 76.7 Å². The van der Waals surface area contributed by atoms with E-state index in [1.165, 1.54) is 0 Å². The maximum Gasteiger partial charge on any atom is 0.279 e. The molecule has 1 unspecified atom stereocenters. The van der Waals surface area contributed by atoms with Crippen LogP contribution in [0.1, 0.15) is 31.1 Å². The maximum atomic E-state index is 12.3. The molecule has 0 aliphatic carbocycles. The van der Waals surface area contributed by atoms with Crippen LogP contribution in [0.25, 0.3) is 11.1 Å². The molecule has 3 aromatic carbocycles. The lowest BCUT2D eigenvalue weighted by molar-refractivity contribution is -0.128. The number of amides is 2. The summed E-state index contributed by atoms with van der Waals surface area (Å²) in [5, 5.41) is 0. The van der Waals surface area contributed by atoms with Crippen LogP contribution < -0.4 is 20.3 Å². The Morgan fingerprint density at radius 1 is 0.750 bits per heavy atom. The van der Waals surface area contributed by atoms with Gasteiger partial charge in [0.25, 0.3) is 11.8 Å². The molecular weight excluding hydrogens is 404 g/mol. The van der Waals surface area contributed by atoms with Crippen LogP contribution in [0.5, 0.6) is 11.5 Å². The Labute approximate surface area is 188 Å². The third kappa shape index (κ3) is 6.60. The first kappa shape index (κ1) is 22.9. The number of nitrogens with one attached hydrogen (secondary N) is 2. The van der Waals surface area contributed by atoms with Crippen molar-refractivity contribution >= 4 is 11.8 Å². The summed E-state index contributed by atoms with van der Waals surface area (Å²) >= 11 is 0. The number of benzene rings is 3. The first-order chi connectivity index (χ1) is 15.4. The van der Waals surface area contributed by atoms with Gasteiger partial charge in [0, 0.05) is 5.56 Å². The first-order valence-electron chi connectivity index (χ1n) is 10.6. The average Bonchev–Trinajstić information content (AvgIpc) is 2.82. The zero-order chi connectivity index (χ0) is 22.9. The molecule has 32 heavy (non-hydrogen) atoms. The number of ether oxygens (including phenoxy) is 2. The number of hydrogen-bond acceptors (Lipinski definition) is 4. The summed E-state index contributed by atoms with van der Waals surface area (Å²) in [7, 11) is 0. The van der Waals surface area contributed by atoms with E-state index < -0.39 is 17.9 Å². The van der Waals surface area contributed by atoms with Crippen LogP contribution in [0, 0.1) is 5.92 Å². The lowest BCUT2D eigenvalue weighted by Crippen LogP contribution is -2.47. The van der Waals surface area contributed by atoms with Gasteiger partial charge in [-0.2, -0.15) is 0 Å². The van der Waals surface area contributed by atoms with Crippen molar-refractivity contribution in [1.29, 1.82) is 0 Å². The summed E-state index contributed by atoms with van der Waals surface area (Å²) in [6.45, 7) is 6.35. The van der Waals surface area contributed by atoms with Crippen LogP contribution in [0.15, 0.2) is 78.9 Å². The van der Waals surface area contributed by atoms with Crippen molar-refractivity contribution in [3.05, 3.63) is 84.4 Å². The highest BCUT2D eigenvalue weighted by atomic mass is 16.5. The molecule has 0 aliphatic rings. The molecule has 0 aliphatic heterocycles. The van der Waals surface area contributed by atoms with Crippen LogP contribution in [-0.2, 0) is 4.79 Å². The monoisotopic (exact) mass is 432 g/mol. The molecule has 0 saturated carbocycles. The van der Waals surface area contributed by atoms with E-state index in [9.17, 15) is 9.59 Å². The van der Waals surface area contributed by atoms with Gasteiger partial charge in [-0.1, -0.05) is 56.3 Å². The standard InChI is InChI=1S/C26H28N2O4/c1-18(2)17-31-23-13-11-22(12-14-23)26(30)28-27-25(29)19(3)32-24-15-9-21(10-16-24)20-7-5-4-6-8-20/h4-16,18-19H,17H2,1-3H3,(H,27,29)(H,28,30). The fourth-order valence-corrected chi connectivity index (χ4v) is 2.87. The smallest absolute Gasteiger partial charge is 0.279 e. The molecule has 2 amide bonds. The molecule has 0 fully saturated rings. The largest absolute Gasteiger partial charge is 0.493 e. The lowest BCUT2D eigenvalue weighted by atomic mass is 10.1. The van der Waals surface area contributed by atoms with Crippen LogP contribution in [0.4, 0.5) is 0 Å². The summed E-state index contributed by atoms with van der Waals surface area (Å²) < 4.78 is 11.3. The fourth-order valence-electron chi connectivity index (χ4n) is 2.87. The van der Waals surface area contributed by atoms with Gasteiger partial charge >= 0.3 is 0 Å². The van der Waals surface area contributed by atoms with Crippen LogP contribution in [0.2, 0.25) is 0 Å². The van der Waals surface area contributed by atoms with E-state index in [0.29, 0.717) is 29.6 Å². The van der Waals surface area contributed by atoms with Gasteiger partial charge in [0.15, 0.2) is 6.10 Å². The molecule has 0 heterocycles. The van der Waals surface area contributed by atoms with Gasteiger partial charge in [-0.3, -0.25) is 20.4 Å². The summed E-state index contributed by atoms with van der Waals surface area (Å²) in [6, 6.07) is 24.2. The second-order valence-electron chi connectivity index (χ2n) is 7.82. The van der Waals surface area contributed by atoms with Gasteiger partial charge in [-0.05, 0) is 60.4 Å². The minimum Gasteiger partial charge on any atom is -0.493 e. The Hall–Kier alpha value is -3.80. The van der Waals surface area contributed by atoms with Gasteiger partial charge in [-0.15, -0.1) is 0 Å². The maximum absolute atomic E-state index is 12.3. The lowest BCUT2D eigenvalue weighted by Gasteiger charge is -2.15. The second kappa shape index (κ2) is 11.0. The molecule has 2 N–H and O–H groups in total. The first-order valence-corrected chi connectivity index (χ1v) is 10.6. The molecule has 0 radical (unpaired) electrons. The molecule has 3 aromatic rings. The number of hydrogen-bond donors (Lipinski definition) is 2. The van der Waals surface area contributed by atoms with E-state index >= 15 is 0 Å². The predicted molar refractivity (Wildman–Crippen MR) is 124 cm³/mol. The van der Waals surface area contributed by atoms with E-state index in [1.807, 2.05) is 54.6 Å². The summed E-state index contributed by atoms with van der Waals surface area (Å²) in [5.41, 5.74) is 7.38. The van der Waals surface area contributed by atoms with Crippen LogP contribution >= 0.6 is 0 Å². The van der Waals surface area contributed by atoms with Crippen LogP contribution in [-0.4, -0.2) is 24.5 Å². The molecule has 6 heteroatoms. The summed E-state index contributed by atoms with van der Waals surface area (Å²) in [5.74, 6) is 0.796. The van der Waals surface area contributed by atoms with Crippen molar-refractivity contribution in [1.82, 2.24) is 10.9 Å². The Balaban J connectivity index is 1.47. The number of hydrazine groups is 1. The number of rotatable bonds is 8. The van der Waals surface area contributed by atoms with Crippen molar-refractivity contribution in [2.45, 2.75) is 26.9 Å². The fraction of sp³-hybridized carbons (Fsp3) is 0.231. The highest BCUT2D eigenvalue weighted by Crippen LogP contribution is 2.22. The van der Waals surface area contributed by atoms with E-state index in [0.717, 1.165) is 11.1 Å². The van der Waals surface area contributed by atoms with Gasteiger partial charge in [-0.25, -0.2) is 0 Å². The molecular formula is C26H28N2O4. The van der Waals surface area contributed by atoms with Crippen molar-refractivity contribution in [3.63, 3.8) is 0 Å². The van der Waals surface area contributed by atoms with Crippen molar-refractivity contribution in [2.75, 3.05) is 6.61 Å². The van der Waals surface area contributed by atoms with Crippen LogP contribution in [0.3, 0.4) is 0 Å². The molecule has 0 bridgehead atoms. The van der Waals surface area contributed by atoms with Crippen molar-refractivity contribution < 1.29 is 19.1 Å². The quantitative estimate of drug-likeness (QED) is 0.510. The third-order valence-electron chi connectivity index (χ3n) is 4.64. The Morgan fingerprint density at radius 2 is 1.34 bits per heavy atom. The van der Waals surface area contributed by atoms with E-state index in [1.54, 1.807) is 31.2 Å². The van der Waals surface area contributed by atoms with E-state index in [2.05, 4.69) is 24.7 Å². The molecule has 0 spiro atoms. The third-order valence-corrected chi connectivity index (χ3v) is 4.64. The molecule has 3 rings (SSSR count). The molecule has 1 atom stereocenters. The average molecular weight is 433 g/mol. The highest BCUT2D eigenvalue weighted by molar-refractivity contribution is 5.95. The minimum atomic E-state index is -0.787.